The molecule has 18 heavy (non-hydrogen) atoms. The van der Waals surface area contributed by atoms with Crippen molar-refractivity contribution in [1.29, 1.82) is 0 Å². The minimum absolute atomic E-state index is 0.336. The Kier molecular flexibility index (Phi) is 4.94. The highest BCUT2D eigenvalue weighted by Gasteiger charge is 2.19. The Labute approximate surface area is 109 Å². The molecule has 0 fully saturated rings. The molecule has 0 heterocycles. The van der Waals surface area contributed by atoms with Gasteiger partial charge in [0.05, 0.1) is 12.1 Å². The van der Waals surface area contributed by atoms with Crippen LogP contribution in [-0.4, -0.2) is 25.2 Å². The van der Waals surface area contributed by atoms with Crippen LogP contribution in [0.1, 0.15) is 36.7 Å². The SMILES string of the molecule is CNCC#Cc1ccccc1C(=O)OC(C)(C)C. The summed E-state index contributed by atoms with van der Waals surface area (Å²) in [5.74, 6) is 5.57. The number of carbonyl (C=O) groups is 1. The lowest BCUT2D eigenvalue weighted by molar-refractivity contribution is 0.00693. The molecule has 0 unspecified atom stereocenters. The fraction of sp³-hybridized carbons (Fsp3) is 0.400. The van der Waals surface area contributed by atoms with Crippen molar-refractivity contribution < 1.29 is 9.53 Å². The van der Waals surface area contributed by atoms with Crippen LogP contribution in [0.5, 0.6) is 0 Å². The van der Waals surface area contributed by atoms with Crippen LogP contribution in [0.15, 0.2) is 24.3 Å². The molecule has 3 heteroatoms. The topological polar surface area (TPSA) is 38.3 Å². The van der Waals surface area contributed by atoms with E-state index in [-0.39, 0.29) is 5.97 Å². The van der Waals surface area contributed by atoms with Gasteiger partial charge in [0.15, 0.2) is 0 Å². The second-order valence-corrected chi connectivity index (χ2v) is 4.88. The van der Waals surface area contributed by atoms with Crippen molar-refractivity contribution in [2.75, 3.05) is 13.6 Å². The Morgan fingerprint density at radius 2 is 2.00 bits per heavy atom. The van der Waals surface area contributed by atoms with Gasteiger partial charge < -0.3 is 10.1 Å². The molecule has 1 aromatic carbocycles. The van der Waals surface area contributed by atoms with Gasteiger partial charge in [-0.2, -0.15) is 0 Å². The van der Waals surface area contributed by atoms with E-state index in [1.807, 2.05) is 46.0 Å². The van der Waals surface area contributed by atoms with Gasteiger partial charge in [0, 0.05) is 5.56 Å². The van der Waals surface area contributed by atoms with Crippen molar-refractivity contribution in [2.45, 2.75) is 26.4 Å². The van der Waals surface area contributed by atoms with E-state index in [4.69, 9.17) is 4.74 Å². The number of ether oxygens (including phenoxy) is 1. The van der Waals surface area contributed by atoms with E-state index in [0.717, 1.165) is 0 Å². The van der Waals surface area contributed by atoms with Gasteiger partial charge in [0.25, 0.3) is 0 Å². The van der Waals surface area contributed by atoms with E-state index in [2.05, 4.69) is 17.2 Å². The van der Waals surface area contributed by atoms with Crippen LogP contribution in [0.2, 0.25) is 0 Å². The summed E-state index contributed by atoms with van der Waals surface area (Å²) in [6, 6.07) is 7.22. The maximum atomic E-state index is 12.0. The number of carbonyl (C=O) groups excluding carboxylic acids is 1. The highest BCUT2D eigenvalue weighted by atomic mass is 16.6. The predicted molar refractivity (Wildman–Crippen MR) is 72.4 cm³/mol. The Hall–Kier alpha value is -1.79. The molecule has 0 aliphatic carbocycles. The Bertz CT molecular complexity index is 475. The van der Waals surface area contributed by atoms with Crippen molar-refractivity contribution in [1.82, 2.24) is 5.32 Å². The fourth-order valence-corrected chi connectivity index (χ4v) is 1.33. The van der Waals surface area contributed by atoms with E-state index in [1.165, 1.54) is 0 Å². The molecule has 0 spiro atoms. The summed E-state index contributed by atoms with van der Waals surface area (Å²) >= 11 is 0. The van der Waals surface area contributed by atoms with Crippen LogP contribution in [-0.2, 0) is 4.74 Å². The number of rotatable bonds is 2. The summed E-state index contributed by atoms with van der Waals surface area (Å²) in [6.07, 6.45) is 0. The van der Waals surface area contributed by atoms with E-state index >= 15 is 0 Å². The fourth-order valence-electron chi connectivity index (χ4n) is 1.33. The average molecular weight is 245 g/mol. The number of nitrogens with one attached hydrogen (secondary N) is 1. The first-order valence-corrected chi connectivity index (χ1v) is 5.90. The van der Waals surface area contributed by atoms with E-state index in [9.17, 15) is 4.79 Å². The molecule has 0 amide bonds. The molecule has 1 rings (SSSR count). The molecule has 0 saturated carbocycles. The lowest BCUT2D eigenvalue weighted by atomic mass is 10.1. The zero-order valence-electron chi connectivity index (χ0n) is 11.3. The van der Waals surface area contributed by atoms with Crippen LogP contribution >= 0.6 is 0 Å². The van der Waals surface area contributed by atoms with Gasteiger partial charge in [-0.1, -0.05) is 24.0 Å². The second kappa shape index (κ2) is 6.23. The zero-order valence-corrected chi connectivity index (χ0v) is 11.3. The first kappa shape index (κ1) is 14.3. The van der Waals surface area contributed by atoms with Crippen LogP contribution in [0, 0.1) is 11.8 Å². The van der Waals surface area contributed by atoms with E-state index in [1.54, 1.807) is 6.07 Å². The lowest BCUT2D eigenvalue weighted by Crippen LogP contribution is -2.24. The molecule has 0 radical (unpaired) electrons. The molecular weight excluding hydrogens is 226 g/mol. The minimum Gasteiger partial charge on any atom is -0.456 e. The number of esters is 1. The van der Waals surface area contributed by atoms with Crippen LogP contribution in [0.3, 0.4) is 0 Å². The Balaban J connectivity index is 2.96. The minimum atomic E-state index is -0.497. The van der Waals surface area contributed by atoms with Gasteiger partial charge in [-0.25, -0.2) is 4.79 Å². The van der Waals surface area contributed by atoms with Gasteiger partial charge >= 0.3 is 5.97 Å². The largest absolute Gasteiger partial charge is 0.456 e. The monoisotopic (exact) mass is 245 g/mol. The predicted octanol–water partition coefficient (Wildman–Crippen LogP) is 2.21. The molecule has 0 saturated heterocycles. The van der Waals surface area contributed by atoms with Crippen molar-refractivity contribution in [3.05, 3.63) is 35.4 Å². The highest BCUT2D eigenvalue weighted by molar-refractivity contribution is 5.92. The number of benzene rings is 1. The molecule has 0 bridgehead atoms. The maximum absolute atomic E-state index is 12.0. The molecular formula is C15H19NO2. The molecule has 96 valence electrons. The lowest BCUT2D eigenvalue weighted by Gasteiger charge is -2.19. The Morgan fingerprint density at radius 3 is 2.61 bits per heavy atom. The summed E-state index contributed by atoms with van der Waals surface area (Å²) in [7, 11) is 1.83. The second-order valence-electron chi connectivity index (χ2n) is 4.88. The van der Waals surface area contributed by atoms with E-state index in [0.29, 0.717) is 17.7 Å². The number of hydrogen-bond acceptors (Lipinski definition) is 3. The van der Waals surface area contributed by atoms with Gasteiger partial charge in [0.2, 0.25) is 0 Å². The molecule has 0 aromatic heterocycles. The van der Waals surface area contributed by atoms with Crippen LogP contribution in [0.25, 0.3) is 0 Å². The highest BCUT2D eigenvalue weighted by Crippen LogP contribution is 2.14. The molecule has 3 nitrogen and oxygen atoms in total. The van der Waals surface area contributed by atoms with Gasteiger partial charge in [-0.05, 0) is 40.0 Å². The molecule has 0 aliphatic heterocycles. The quantitative estimate of drug-likeness (QED) is 0.641. The summed E-state index contributed by atoms with van der Waals surface area (Å²) in [4.78, 5) is 12.0. The Morgan fingerprint density at radius 1 is 1.33 bits per heavy atom. The first-order valence-electron chi connectivity index (χ1n) is 5.90. The summed E-state index contributed by atoms with van der Waals surface area (Å²) in [5.41, 5.74) is 0.709. The van der Waals surface area contributed by atoms with Gasteiger partial charge in [-0.15, -0.1) is 0 Å². The zero-order chi connectivity index (χ0) is 13.6. The van der Waals surface area contributed by atoms with Crippen LogP contribution < -0.4 is 5.32 Å². The molecule has 1 N–H and O–H groups in total. The first-order chi connectivity index (χ1) is 8.44. The van der Waals surface area contributed by atoms with Gasteiger partial charge in [0.1, 0.15) is 5.60 Å². The van der Waals surface area contributed by atoms with Crippen molar-refractivity contribution in [3.8, 4) is 11.8 Å². The maximum Gasteiger partial charge on any atom is 0.339 e. The smallest absolute Gasteiger partial charge is 0.339 e. The summed E-state index contributed by atoms with van der Waals surface area (Å²) in [5, 5.41) is 2.94. The third kappa shape index (κ3) is 4.60. The third-order valence-electron chi connectivity index (χ3n) is 2.03. The van der Waals surface area contributed by atoms with Gasteiger partial charge in [-0.3, -0.25) is 0 Å². The van der Waals surface area contributed by atoms with Crippen molar-refractivity contribution in [3.63, 3.8) is 0 Å². The number of hydrogen-bond donors (Lipinski definition) is 1. The molecule has 0 atom stereocenters. The summed E-state index contributed by atoms with van der Waals surface area (Å²) < 4.78 is 5.35. The third-order valence-corrected chi connectivity index (χ3v) is 2.03. The standard InChI is InChI=1S/C15H19NO2/c1-15(2,3)18-14(17)13-10-6-5-8-12(13)9-7-11-16-4/h5-6,8,10,16H,11H2,1-4H3. The van der Waals surface area contributed by atoms with Crippen LogP contribution in [0.4, 0.5) is 0 Å². The molecule has 0 aliphatic rings. The van der Waals surface area contributed by atoms with E-state index < -0.39 is 5.60 Å². The van der Waals surface area contributed by atoms with Crippen molar-refractivity contribution >= 4 is 5.97 Å². The normalized spacial score (nSPS) is 10.4. The average Bonchev–Trinajstić information content (AvgIpc) is 2.27. The molecule has 1 aromatic rings. The summed E-state index contributed by atoms with van der Waals surface area (Å²) in [6.45, 7) is 6.13. The van der Waals surface area contributed by atoms with Crippen molar-refractivity contribution in [2.24, 2.45) is 0 Å².